The van der Waals surface area contributed by atoms with Gasteiger partial charge in [0.1, 0.15) is 5.75 Å². The first-order valence-electron chi connectivity index (χ1n) is 14.1. The number of hydrogen-bond acceptors (Lipinski definition) is 6. The molecular formula is C31H30Cl2N2O7. The molecule has 2 aromatic rings. The SMILES string of the molecule is CN1C(=O)[C@]2(Cl)C[C@@H]3C(=CC[C@@H]4C(=O)N(CCCCCC(=O)O)C(=O)[C@@H]43)[C@H](c3ccc4ccccc4c3O)[C@]2(Cl)C1=O. The Kier molecular flexibility index (Phi) is 6.89. The van der Waals surface area contributed by atoms with Crippen molar-refractivity contribution in [2.75, 3.05) is 13.6 Å². The van der Waals surface area contributed by atoms with Crippen molar-refractivity contribution < 1.29 is 34.2 Å². The first-order valence-corrected chi connectivity index (χ1v) is 14.9. The van der Waals surface area contributed by atoms with Gasteiger partial charge in [0.05, 0.1) is 11.8 Å². The van der Waals surface area contributed by atoms with Gasteiger partial charge in [-0.05, 0) is 37.0 Å². The van der Waals surface area contributed by atoms with Gasteiger partial charge < -0.3 is 10.2 Å². The number of allylic oxidation sites excluding steroid dienone is 2. The number of aromatic hydroxyl groups is 1. The van der Waals surface area contributed by atoms with Crippen molar-refractivity contribution in [3.05, 3.63) is 53.6 Å². The molecule has 1 saturated carbocycles. The lowest BCUT2D eigenvalue weighted by atomic mass is 9.56. The molecule has 6 rings (SSSR count). The van der Waals surface area contributed by atoms with Gasteiger partial charge in [-0.1, -0.05) is 54.5 Å². The largest absolute Gasteiger partial charge is 0.507 e. The number of phenolic OH excluding ortho intramolecular Hbond substituents is 1. The van der Waals surface area contributed by atoms with Gasteiger partial charge in [0, 0.05) is 36.9 Å². The predicted molar refractivity (Wildman–Crippen MR) is 154 cm³/mol. The third-order valence-corrected chi connectivity index (χ3v) is 11.0. The Hall–Kier alpha value is -3.43. The average molecular weight is 613 g/mol. The van der Waals surface area contributed by atoms with Crippen molar-refractivity contribution in [2.24, 2.45) is 17.8 Å². The van der Waals surface area contributed by atoms with Crippen LogP contribution in [0.3, 0.4) is 0 Å². The molecule has 2 saturated heterocycles. The smallest absolute Gasteiger partial charge is 0.303 e. The Morgan fingerprint density at radius 1 is 0.976 bits per heavy atom. The topological polar surface area (TPSA) is 132 Å². The van der Waals surface area contributed by atoms with E-state index in [0.29, 0.717) is 35.8 Å². The molecular weight excluding hydrogens is 583 g/mol. The number of unbranched alkanes of at least 4 members (excludes halogenated alkanes) is 2. The Labute approximate surface area is 252 Å². The van der Waals surface area contributed by atoms with Crippen molar-refractivity contribution in [1.29, 1.82) is 0 Å². The molecule has 3 fully saturated rings. The van der Waals surface area contributed by atoms with Gasteiger partial charge in [-0.3, -0.25) is 33.8 Å². The molecule has 2 aliphatic carbocycles. The number of amides is 4. The highest BCUT2D eigenvalue weighted by molar-refractivity contribution is 6.53. The maximum atomic E-state index is 13.8. The highest BCUT2D eigenvalue weighted by atomic mass is 35.5. The molecule has 4 aliphatic rings. The van der Waals surface area contributed by atoms with Gasteiger partial charge in [-0.2, -0.15) is 0 Å². The van der Waals surface area contributed by atoms with E-state index in [2.05, 4.69) is 0 Å². The molecule has 0 unspecified atom stereocenters. The van der Waals surface area contributed by atoms with Gasteiger partial charge in [0.15, 0.2) is 9.75 Å². The molecule has 0 radical (unpaired) electrons. The van der Waals surface area contributed by atoms with Crippen LogP contribution in [0.5, 0.6) is 5.75 Å². The van der Waals surface area contributed by atoms with Gasteiger partial charge >= 0.3 is 5.97 Å². The lowest BCUT2D eigenvalue weighted by molar-refractivity contribution is -0.141. The lowest BCUT2D eigenvalue weighted by Crippen LogP contribution is -2.60. The van der Waals surface area contributed by atoms with Crippen molar-refractivity contribution >= 4 is 63.6 Å². The minimum Gasteiger partial charge on any atom is -0.507 e. The average Bonchev–Trinajstić information content (AvgIpc) is 3.28. The molecule has 0 aromatic heterocycles. The molecule has 220 valence electrons. The van der Waals surface area contributed by atoms with Crippen LogP contribution >= 0.6 is 23.2 Å². The quantitative estimate of drug-likeness (QED) is 0.207. The third-order valence-electron chi connectivity index (χ3n) is 9.62. The second-order valence-corrected chi connectivity index (χ2v) is 13.0. The number of carboxylic acid groups (broad SMARTS) is 1. The Balaban J connectivity index is 1.42. The molecule has 2 N–H and O–H groups in total. The Morgan fingerprint density at radius 3 is 2.45 bits per heavy atom. The van der Waals surface area contributed by atoms with Crippen LogP contribution in [0.4, 0.5) is 0 Å². The summed E-state index contributed by atoms with van der Waals surface area (Å²) in [7, 11) is 1.33. The zero-order valence-electron chi connectivity index (χ0n) is 22.9. The van der Waals surface area contributed by atoms with Crippen LogP contribution in [0.1, 0.15) is 50.0 Å². The van der Waals surface area contributed by atoms with E-state index in [1.165, 1.54) is 11.9 Å². The fraction of sp³-hybridized carbons (Fsp3) is 0.452. The number of alkyl halides is 2. The van der Waals surface area contributed by atoms with Crippen LogP contribution in [-0.4, -0.2) is 73.0 Å². The van der Waals surface area contributed by atoms with Crippen molar-refractivity contribution in [3.8, 4) is 5.75 Å². The van der Waals surface area contributed by atoms with Gasteiger partial charge in [0.2, 0.25) is 11.8 Å². The number of hydrogen-bond donors (Lipinski definition) is 2. The summed E-state index contributed by atoms with van der Waals surface area (Å²) in [4.78, 5) is 63.7. The monoisotopic (exact) mass is 612 g/mol. The Bertz CT molecular complexity index is 1590. The second kappa shape index (κ2) is 10.1. The predicted octanol–water partition coefficient (Wildman–Crippen LogP) is 4.18. The fourth-order valence-electron chi connectivity index (χ4n) is 7.60. The number of halogens is 2. The second-order valence-electron chi connectivity index (χ2n) is 11.8. The standard InChI is InChI=1S/C31H30Cl2N2O7/c1-34-28(41)30(32)15-21-18(12-13-19-23(21)27(40)35(26(19)39)14-6-2-3-9-22(36)37)24(31(30,33)29(34)42)20-11-10-16-7-4-5-8-17(16)25(20)38/h4-5,7-8,10-12,19,21,23-24,38H,2-3,6,9,13-15H2,1H3,(H,36,37)/t19-,21+,23-,24+,30+,31-/m0/s1. The van der Waals surface area contributed by atoms with E-state index in [0.717, 1.165) is 10.3 Å². The van der Waals surface area contributed by atoms with Crippen molar-refractivity contribution in [3.63, 3.8) is 0 Å². The Morgan fingerprint density at radius 2 is 1.71 bits per heavy atom. The highest BCUT2D eigenvalue weighted by Crippen LogP contribution is 2.66. The van der Waals surface area contributed by atoms with Crippen LogP contribution in [0.25, 0.3) is 10.8 Å². The van der Waals surface area contributed by atoms with Crippen LogP contribution in [0.15, 0.2) is 48.0 Å². The maximum Gasteiger partial charge on any atom is 0.303 e. The fourth-order valence-corrected chi connectivity index (χ4v) is 8.61. The summed E-state index contributed by atoms with van der Waals surface area (Å²) >= 11 is 14.4. The minimum absolute atomic E-state index is 0.0185. The van der Waals surface area contributed by atoms with Gasteiger partial charge in [0.25, 0.3) is 11.8 Å². The molecule has 42 heavy (non-hydrogen) atoms. The van der Waals surface area contributed by atoms with Crippen LogP contribution < -0.4 is 0 Å². The number of rotatable bonds is 7. The number of imide groups is 2. The first kappa shape index (κ1) is 28.7. The van der Waals surface area contributed by atoms with Crippen LogP contribution in [0, 0.1) is 17.8 Å². The molecule has 6 atom stereocenters. The first-order chi connectivity index (χ1) is 19.9. The molecule has 0 bridgehead atoms. The van der Waals surface area contributed by atoms with E-state index < -0.39 is 51.2 Å². The van der Waals surface area contributed by atoms with Crippen molar-refractivity contribution in [2.45, 2.75) is 54.2 Å². The van der Waals surface area contributed by atoms with Gasteiger partial charge in [-0.15, -0.1) is 23.2 Å². The zero-order chi connectivity index (χ0) is 30.1. The molecule has 2 heterocycles. The molecule has 0 spiro atoms. The maximum absolute atomic E-state index is 13.8. The summed E-state index contributed by atoms with van der Waals surface area (Å²) in [6, 6.07) is 10.7. The number of carbonyl (C=O) groups excluding carboxylic acids is 4. The minimum atomic E-state index is -1.97. The van der Waals surface area contributed by atoms with Crippen LogP contribution in [0.2, 0.25) is 0 Å². The number of fused-ring (bicyclic) bond motifs is 5. The normalized spacial score (nSPS) is 32.2. The highest BCUT2D eigenvalue weighted by Gasteiger charge is 2.76. The van der Waals surface area contributed by atoms with Gasteiger partial charge in [-0.25, -0.2) is 0 Å². The number of phenols is 1. The number of benzene rings is 2. The number of carbonyl (C=O) groups is 5. The third kappa shape index (κ3) is 3.85. The van der Waals surface area contributed by atoms with Crippen molar-refractivity contribution in [1.82, 2.24) is 9.80 Å². The lowest BCUT2D eigenvalue weighted by Gasteiger charge is -2.50. The van der Waals surface area contributed by atoms with E-state index in [-0.39, 0.29) is 43.4 Å². The van der Waals surface area contributed by atoms with E-state index >= 15 is 0 Å². The summed E-state index contributed by atoms with van der Waals surface area (Å²) in [5, 5.41) is 21.7. The molecule has 2 aromatic carbocycles. The van der Waals surface area contributed by atoms with E-state index in [1.54, 1.807) is 24.3 Å². The summed E-state index contributed by atoms with van der Waals surface area (Å²) in [6.45, 7) is 0.173. The van der Waals surface area contributed by atoms with E-state index in [9.17, 15) is 29.1 Å². The molecule has 11 heteroatoms. The molecule has 4 amide bonds. The summed E-state index contributed by atoms with van der Waals surface area (Å²) in [5.74, 6) is -6.16. The number of likely N-dealkylation sites (tertiary alicyclic amines) is 2. The molecule has 9 nitrogen and oxygen atoms in total. The van der Waals surface area contributed by atoms with E-state index in [4.69, 9.17) is 28.3 Å². The molecule has 2 aliphatic heterocycles. The number of carboxylic acids is 1. The summed E-state index contributed by atoms with van der Waals surface area (Å²) < 4.78 is 0. The summed E-state index contributed by atoms with van der Waals surface area (Å²) in [6.07, 6.45) is 3.45. The number of aliphatic carboxylic acids is 1. The van der Waals surface area contributed by atoms with E-state index in [1.807, 2.05) is 18.2 Å². The number of nitrogens with zero attached hydrogens (tertiary/aromatic N) is 2. The zero-order valence-corrected chi connectivity index (χ0v) is 24.4. The summed E-state index contributed by atoms with van der Waals surface area (Å²) in [5.41, 5.74) is 0.945. The van der Waals surface area contributed by atoms with Crippen LogP contribution in [-0.2, 0) is 24.0 Å².